The van der Waals surface area contributed by atoms with Crippen LogP contribution in [0.3, 0.4) is 0 Å². The molecule has 0 aliphatic carbocycles. The lowest BCUT2D eigenvalue weighted by Gasteiger charge is -2.22. The van der Waals surface area contributed by atoms with Crippen LogP contribution < -0.4 is 0 Å². The first-order valence-electron chi connectivity index (χ1n) is 4.64. The molecule has 5 heteroatoms. The van der Waals surface area contributed by atoms with Gasteiger partial charge in [0.15, 0.2) is 0 Å². The smallest absolute Gasteiger partial charge is 0.0581 e. The molecule has 0 bridgehead atoms. The molecule has 1 atom stereocenters. The van der Waals surface area contributed by atoms with Crippen molar-refractivity contribution in [2.75, 3.05) is 11.2 Å². The summed E-state index contributed by atoms with van der Waals surface area (Å²) in [4.78, 5) is -0.396. The van der Waals surface area contributed by atoms with E-state index >= 15 is 0 Å². The van der Waals surface area contributed by atoms with Crippen molar-refractivity contribution >= 4 is 62.3 Å². The lowest BCUT2D eigenvalue weighted by atomic mass is 10.0. The number of hydrogen-bond donors (Lipinski definition) is 0. The van der Waals surface area contributed by atoms with E-state index in [1.165, 1.54) is 0 Å². The Bertz CT molecular complexity index is 220. The Balaban J connectivity index is 4.25. The molecule has 0 saturated carbocycles. The number of alkyl halides is 4. The summed E-state index contributed by atoms with van der Waals surface area (Å²) in [5.74, 6) is 0.347. The van der Waals surface area contributed by atoms with Crippen molar-refractivity contribution in [2.24, 2.45) is 0 Å². The van der Waals surface area contributed by atoms with Crippen molar-refractivity contribution in [2.45, 2.75) is 36.9 Å². The molecule has 15 heavy (non-hydrogen) atoms. The molecule has 0 unspecified atom stereocenters. The molecule has 0 radical (unpaired) electrons. The molecule has 0 spiro atoms. The van der Waals surface area contributed by atoms with Gasteiger partial charge in [0.2, 0.25) is 0 Å². The van der Waals surface area contributed by atoms with E-state index in [0.29, 0.717) is 10.9 Å². The first-order valence-corrected chi connectivity index (χ1v) is 7.49. The van der Waals surface area contributed by atoms with E-state index in [9.17, 15) is 0 Å². The molecular weight excluding hydrogens is 342 g/mol. The fourth-order valence-electron chi connectivity index (χ4n) is 1.01. The van der Waals surface area contributed by atoms with E-state index in [1.54, 1.807) is 0 Å². The predicted molar refractivity (Wildman–Crippen MR) is 76.2 cm³/mol. The van der Waals surface area contributed by atoms with Gasteiger partial charge in [0.25, 0.3) is 0 Å². The van der Waals surface area contributed by atoms with Gasteiger partial charge in [0.1, 0.15) is 0 Å². The van der Waals surface area contributed by atoms with Gasteiger partial charge in [-0.3, -0.25) is 0 Å². The molecule has 0 aromatic rings. The number of allylic oxidation sites excluding steroid dienone is 2. The molecule has 0 amide bonds. The standard InChI is InChI=1S/C10H15BrCl4/c1-10(2,15)9(14)4-3-7(5-11)8(13)6-12/h9H,3-6H2,1-2H3/b8-7-/t9-/m0/s1. The lowest BCUT2D eigenvalue weighted by Crippen LogP contribution is -2.25. The highest BCUT2D eigenvalue weighted by atomic mass is 79.9. The minimum absolute atomic E-state index is 0.0759. The van der Waals surface area contributed by atoms with Gasteiger partial charge in [0, 0.05) is 10.4 Å². The summed E-state index contributed by atoms with van der Waals surface area (Å²) in [6.45, 7) is 3.82. The fourth-order valence-corrected chi connectivity index (χ4v) is 2.36. The van der Waals surface area contributed by atoms with Crippen LogP contribution in [0.1, 0.15) is 26.7 Å². The first kappa shape index (κ1) is 16.4. The molecule has 0 fully saturated rings. The second-order valence-electron chi connectivity index (χ2n) is 3.85. The summed E-state index contributed by atoms with van der Waals surface area (Å²) in [6.07, 6.45) is 1.62. The van der Waals surface area contributed by atoms with E-state index in [2.05, 4.69) is 15.9 Å². The van der Waals surface area contributed by atoms with Crippen LogP contribution in [0.25, 0.3) is 0 Å². The SMILES string of the molecule is CC(C)(Cl)[C@@H](Cl)CC/C(CBr)=C(/Cl)CCl. The Morgan fingerprint density at radius 1 is 1.40 bits per heavy atom. The van der Waals surface area contributed by atoms with Crippen LogP contribution >= 0.6 is 62.3 Å². The molecule has 0 heterocycles. The highest BCUT2D eigenvalue weighted by molar-refractivity contribution is 9.09. The first-order chi connectivity index (χ1) is 6.82. The van der Waals surface area contributed by atoms with Crippen molar-refractivity contribution in [1.82, 2.24) is 0 Å². The largest absolute Gasteiger partial charge is 0.121 e. The molecule has 0 N–H and O–H groups in total. The third-order valence-electron chi connectivity index (χ3n) is 2.11. The van der Waals surface area contributed by atoms with Gasteiger partial charge in [0.05, 0.1) is 16.1 Å². The average Bonchev–Trinajstić information content (AvgIpc) is 2.16. The highest BCUT2D eigenvalue weighted by Gasteiger charge is 2.24. The van der Waals surface area contributed by atoms with Gasteiger partial charge in [-0.1, -0.05) is 27.5 Å². The van der Waals surface area contributed by atoms with Crippen LogP contribution in [0.15, 0.2) is 10.6 Å². The zero-order valence-electron chi connectivity index (χ0n) is 8.80. The maximum Gasteiger partial charge on any atom is 0.0581 e. The molecule has 0 aliphatic heterocycles. The summed E-state index contributed by atoms with van der Waals surface area (Å²) >= 11 is 27.3. The fraction of sp³-hybridized carbons (Fsp3) is 0.800. The van der Waals surface area contributed by atoms with E-state index < -0.39 is 4.87 Å². The van der Waals surface area contributed by atoms with Crippen LogP contribution in [0, 0.1) is 0 Å². The van der Waals surface area contributed by atoms with Gasteiger partial charge in [-0.05, 0) is 32.3 Å². The summed E-state index contributed by atoms with van der Waals surface area (Å²) in [6, 6.07) is 0. The third kappa shape index (κ3) is 6.63. The monoisotopic (exact) mass is 354 g/mol. The van der Waals surface area contributed by atoms with Crippen LogP contribution in [-0.2, 0) is 0 Å². The molecule has 0 aromatic heterocycles. The van der Waals surface area contributed by atoms with Gasteiger partial charge in [-0.2, -0.15) is 0 Å². The molecule has 0 saturated heterocycles. The Hall–Kier alpha value is 1.38. The summed E-state index contributed by atoms with van der Waals surface area (Å²) in [7, 11) is 0. The molecule has 0 aliphatic rings. The van der Waals surface area contributed by atoms with Gasteiger partial charge < -0.3 is 0 Å². The van der Waals surface area contributed by atoms with Crippen LogP contribution in [0.5, 0.6) is 0 Å². The Labute approximate surface area is 120 Å². The average molecular weight is 357 g/mol. The third-order valence-corrected chi connectivity index (χ3v) is 4.73. The van der Waals surface area contributed by atoms with Gasteiger partial charge in [-0.15, -0.1) is 34.8 Å². The van der Waals surface area contributed by atoms with E-state index in [1.807, 2.05) is 13.8 Å². The molecule has 0 aromatic carbocycles. The van der Waals surface area contributed by atoms with Crippen LogP contribution in [-0.4, -0.2) is 21.5 Å². The van der Waals surface area contributed by atoms with Gasteiger partial charge in [-0.25, -0.2) is 0 Å². The molecular formula is C10H15BrCl4. The second kappa shape index (κ2) is 7.66. The van der Waals surface area contributed by atoms with Crippen molar-refractivity contribution < 1.29 is 0 Å². The quantitative estimate of drug-likeness (QED) is 0.550. The Morgan fingerprint density at radius 3 is 2.27 bits per heavy atom. The topological polar surface area (TPSA) is 0 Å². The van der Waals surface area contributed by atoms with Gasteiger partial charge >= 0.3 is 0 Å². The van der Waals surface area contributed by atoms with Crippen molar-refractivity contribution in [1.29, 1.82) is 0 Å². The zero-order chi connectivity index (χ0) is 12.1. The highest BCUT2D eigenvalue weighted by Crippen LogP contribution is 2.29. The summed E-state index contributed by atoms with van der Waals surface area (Å²) in [5, 5.41) is 1.35. The number of rotatable bonds is 6. The van der Waals surface area contributed by atoms with E-state index in [0.717, 1.165) is 23.7 Å². The van der Waals surface area contributed by atoms with Crippen molar-refractivity contribution in [3.05, 3.63) is 10.6 Å². The van der Waals surface area contributed by atoms with E-state index in [4.69, 9.17) is 46.4 Å². The molecule has 90 valence electrons. The zero-order valence-corrected chi connectivity index (χ0v) is 13.4. The Kier molecular flexibility index (Phi) is 8.36. The normalized spacial score (nSPS) is 16.2. The molecule has 0 rings (SSSR count). The second-order valence-corrected chi connectivity index (χ2v) is 6.63. The summed E-state index contributed by atoms with van der Waals surface area (Å²) < 4.78 is 0. The Morgan fingerprint density at radius 2 is 1.93 bits per heavy atom. The minimum atomic E-state index is -0.396. The van der Waals surface area contributed by atoms with Crippen LogP contribution in [0.4, 0.5) is 0 Å². The predicted octanol–water partition coefficient (Wildman–Crippen LogP) is 5.52. The summed E-state index contributed by atoms with van der Waals surface area (Å²) in [5.41, 5.74) is 1.10. The molecule has 0 nitrogen and oxygen atoms in total. The lowest BCUT2D eigenvalue weighted by molar-refractivity contribution is 0.599. The van der Waals surface area contributed by atoms with Crippen LogP contribution in [0.2, 0.25) is 0 Å². The van der Waals surface area contributed by atoms with Crippen molar-refractivity contribution in [3.63, 3.8) is 0 Å². The van der Waals surface area contributed by atoms with Crippen molar-refractivity contribution in [3.8, 4) is 0 Å². The minimum Gasteiger partial charge on any atom is -0.121 e. The van der Waals surface area contributed by atoms with E-state index in [-0.39, 0.29) is 5.38 Å². The number of halogens is 5. The number of hydrogen-bond acceptors (Lipinski definition) is 0. The maximum absolute atomic E-state index is 6.16. The maximum atomic E-state index is 6.16.